The van der Waals surface area contributed by atoms with Crippen LogP contribution in [0.5, 0.6) is 0 Å². The molecule has 178 valence electrons. The van der Waals surface area contributed by atoms with Crippen LogP contribution >= 0.6 is 0 Å². The zero-order valence-electron chi connectivity index (χ0n) is 19.9. The Hall–Kier alpha value is -2.54. The highest BCUT2D eigenvalue weighted by Crippen LogP contribution is 2.34. The van der Waals surface area contributed by atoms with Gasteiger partial charge in [0.1, 0.15) is 0 Å². The second kappa shape index (κ2) is 10.4. The molecule has 2 aliphatic heterocycles. The predicted octanol–water partition coefficient (Wildman–Crippen LogP) is 3.75. The largest absolute Gasteiger partial charge is 0.385 e. The highest BCUT2D eigenvalue weighted by Gasteiger charge is 2.37. The van der Waals surface area contributed by atoms with Gasteiger partial charge in [0.2, 0.25) is 0 Å². The van der Waals surface area contributed by atoms with Crippen LogP contribution in [0.15, 0.2) is 84.9 Å². The lowest BCUT2D eigenvalue weighted by molar-refractivity contribution is -0.119. The summed E-state index contributed by atoms with van der Waals surface area (Å²) in [5.41, 5.74) is 9.81. The normalized spacial score (nSPS) is 20.0. The van der Waals surface area contributed by atoms with Gasteiger partial charge in [0.15, 0.2) is 0 Å². The Labute approximate surface area is 203 Å². The van der Waals surface area contributed by atoms with Crippen molar-refractivity contribution in [2.24, 2.45) is 5.73 Å². The number of aliphatic hydroxyl groups is 1. The van der Waals surface area contributed by atoms with Gasteiger partial charge in [-0.15, -0.1) is 0 Å². The molecule has 2 heterocycles. The number of piperidine rings is 1. The molecule has 5 nitrogen and oxygen atoms in total. The van der Waals surface area contributed by atoms with E-state index in [0.29, 0.717) is 6.54 Å². The third-order valence-electron chi connectivity index (χ3n) is 7.58. The van der Waals surface area contributed by atoms with E-state index in [1.54, 1.807) is 0 Å². The van der Waals surface area contributed by atoms with Gasteiger partial charge >= 0.3 is 0 Å². The average Bonchev–Trinajstić information content (AvgIpc) is 2.91. The summed E-state index contributed by atoms with van der Waals surface area (Å²) in [6, 6.07) is 30.2. The van der Waals surface area contributed by atoms with Crippen LogP contribution < -0.4 is 5.73 Å². The van der Waals surface area contributed by atoms with Crippen molar-refractivity contribution in [1.82, 2.24) is 14.9 Å². The number of piperazine rings is 1. The molecule has 2 fully saturated rings. The number of hydrazine groups is 1. The Morgan fingerprint density at radius 1 is 0.676 bits per heavy atom. The maximum atomic E-state index is 11.3. The topological polar surface area (TPSA) is 56.0 Å². The molecule has 3 aromatic carbocycles. The van der Waals surface area contributed by atoms with E-state index in [0.717, 1.165) is 63.2 Å². The monoisotopic (exact) mass is 456 g/mol. The van der Waals surface area contributed by atoms with Crippen LogP contribution in [0.4, 0.5) is 0 Å². The van der Waals surface area contributed by atoms with Gasteiger partial charge in [-0.3, -0.25) is 4.90 Å². The van der Waals surface area contributed by atoms with E-state index in [1.807, 2.05) is 24.3 Å². The zero-order valence-corrected chi connectivity index (χ0v) is 19.9. The summed E-state index contributed by atoms with van der Waals surface area (Å²) in [4.78, 5) is 2.61. The van der Waals surface area contributed by atoms with Gasteiger partial charge in [0.25, 0.3) is 0 Å². The van der Waals surface area contributed by atoms with Crippen molar-refractivity contribution in [3.8, 4) is 0 Å². The molecule has 2 aliphatic rings. The molecule has 0 unspecified atom stereocenters. The molecule has 3 N–H and O–H groups in total. The summed E-state index contributed by atoms with van der Waals surface area (Å²) in [7, 11) is 0. The maximum absolute atomic E-state index is 11.3. The SMILES string of the molecule is NCc1ccc(C2(O)CCN(N3CCN(C(c4ccccc4)c4ccccc4)CC3)CC2)cc1. The van der Waals surface area contributed by atoms with E-state index in [1.165, 1.54) is 11.1 Å². The fourth-order valence-corrected chi connectivity index (χ4v) is 5.52. The molecule has 0 radical (unpaired) electrons. The molecule has 0 spiro atoms. The Bertz CT molecular complexity index is 985. The van der Waals surface area contributed by atoms with E-state index in [4.69, 9.17) is 5.73 Å². The smallest absolute Gasteiger partial charge is 0.0922 e. The molecule has 0 atom stereocenters. The van der Waals surface area contributed by atoms with Gasteiger partial charge in [-0.2, -0.15) is 0 Å². The Balaban J connectivity index is 1.21. The van der Waals surface area contributed by atoms with Gasteiger partial charge < -0.3 is 10.8 Å². The first-order valence-electron chi connectivity index (χ1n) is 12.5. The van der Waals surface area contributed by atoms with Crippen LogP contribution in [0.3, 0.4) is 0 Å². The highest BCUT2D eigenvalue weighted by molar-refractivity contribution is 5.32. The highest BCUT2D eigenvalue weighted by atomic mass is 16.3. The number of hydrogen-bond donors (Lipinski definition) is 2. The summed E-state index contributed by atoms with van der Waals surface area (Å²) in [5.74, 6) is 0. The van der Waals surface area contributed by atoms with E-state index in [2.05, 4.69) is 75.6 Å². The number of benzene rings is 3. The van der Waals surface area contributed by atoms with E-state index in [9.17, 15) is 5.11 Å². The van der Waals surface area contributed by atoms with Crippen molar-refractivity contribution in [3.05, 3.63) is 107 Å². The third-order valence-corrected chi connectivity index (χ3v) is 7.58. The number of nitrogens with two attached hydrogens (primary N) is 1. The molecular weight excluding hydrogens is 420 g/mol. The van der Waals surface area contributed by atoms with Crippen molar-refractivity contribution in [2.45, 2.75) is 31.0 Å². The molecule has 2 saturated heterocycles. The fourth-order valence-electron chi connectivity index (χ4n) is 5.52. The first-order chi connectivity index (χ1) is 16.7. The van der Waals surface area contributed by atoms with Crippen molar-refractivity contribution < 1.29 is 5.11 Å². The summed E-state index contributed by atoms with van der Waals surface area (Å²) >= 11 is 0. The zero-order chi connectivity index (χ0) is 23.4. The summed E-state index contributed by atoms with van der Waals surface area (Å²) in [6.45, 7) is 6.38. The van der Waals surface area contributed by atoms with Crippen molar-refractivity contribution >= 4 is 0 Å². The van der Waals surface area contributed by atoms with Gasteiger partial charge in [0.05, 0.1) is 11.6 Å². The second-order valence-electron chi connectivity index (χ2n) is 9.60. The molecular formula is C29H36N4O. The van der Waals surface area contributed by atoms with E-state index < -0.39 is 5.60 Å². The number of nitrogens with zero attached hydrogens (tertiary/aromatic N) is 3. The molecule has 0 bridgehead atoms. The molecule has 0 amide bonds. The minimum atomic E-state index is -0.739. The van der Waals surface area contributed by atoms with Gasteiger partial charge in [-0.25, -0.2) is 10.0 Å². The van der Waals surface area contributed by atoms with Gasteiger partial charge in [-0.05, 0) is 35.1 Å². The first-order valence-corrected chi connectivity index (χ1v) is 12.5. The lowest BCUT2D eigenvalue weighted by atomic mass is 9.84. The summed E-state index contributed by atoms with van der Waals surface area (Å²) in [6.07, 6.45) is 1.51. The van der Waals surface area contributed by atoms with Crippen molar-refractivity contribution in [2.75, 3.05) is 39.3 Å². The minimum absolute atomic E-state index is 0.285. The maximum Gasteiger partial charge on any atom is 0.0922 e. The molecule has 0 aliphatic carbocycles. The third kappa shape index (κ3) is 4.95. The van der Waals surface area contributed by atoms with Crippen LogP contribution in [0, 0.1) is 0 Å². The average molecular weight is 457 g/mol. The van der Waals surface area contributed by atoms with Crippen molar-refractivity contribution in [3.63, 3.8) is 0 Å². The standard InChI is InChI=1S/C29H36N4O/c30-23-24-11-13-27(14-12-24)29(34)15-17-32(18-16-29)33-21-19-31(20-22-33)28(25-7-3-1-4-8-25)26-9-5-2-6-10-26/h1-14,28,34H,15-23,30H2. The molecule has 34 heavy (non-hydrogen) atoms. The van der Waals surface area contributed by atoms with Crippen LogP contribution in [-0.2, 0) is 12.1 Å². The van der Waals surface area contributed by atoms with Crippen LogP contribution in [0.25, 0.3) is 0 Å². The van der Waals surface area contributed by atoms with Gasteiger partial charge in [-0.1, -0.05) is 84.9 Å². The quantitative estimate of drug-likeness (QED) is 0.592. The Morgan fingerprint density at radius 3 is 1.68 bits per heavy atom. The number of hydrogen-bond acceptors (Lipinski definition) is 5. The lowest BCUT2D eigenvalue weighted by Gasteiger charge is -2.47. The molecule has 3 aromatic rings. The van der Waals surface area contributed by atoms with E-state index in [-0.39, 0.29) is 6.04 Å². The van der Waals surface area contributed by atoms with Crippen molar-refractivity contribution in [1.29, 1.82) is 0 Å². The number of rotatable bonds is 6. The van der Waals surface area contributed by atoms with Crippen LogP contribution in [-0.4, -0.2) is 59.3 Å². The predicted molar refractivity (Wildman–Crippen MR) is 137 cm³/mol. The molecule has 0 saturated carbocycles. The van der Waals surface area contributed by atoms with Crippen LogP contribution in [0.2, 0.25) is 0 Å². The Morgan fingerprint density at radius 2 is 1.18 bits per heavy atom. The molecule has 5 rings (SSSR count). The lowest BCUT2D eigenvalue weighted by Crippen LogP contribution is -2.57. The first kappa shape index (κ1) is 23.2. The van der Waals surface area contributed by atoms with Gasteiger partial charge in [0, 0.05) is 45.8 Å². The summed E-state index contributed by atoms with van der Waals surface area (Å²) in [5, 5.41) is 16.3. The second-order valence-corrected chi connectivity index (χ2v) is 9.60. The minimum Gasteiger partial charge on any atom is -0.385 e. The van der Waals surface area contributed by atoms with Crippen LogP contribution in [0.1, 0.15) is 41.1 Å². The molecule has 0 aromatic heterocycles. The fraction of sp³-hybridized carbons (Fsp3) is 0.379. The Kier molecular flexibility index (Phi) is 7.09. The summed E-state index contributed by atoms with van der Waals surface area (Å²) < 4.78 is 0. The van der Waals surface area contributed by atoms with E-state index >= 15 is 0 Å². The molecule has 5 heteroatoms.